The molecule has 4 heavy (non-hydrogen) atoms. The van der Waals surface area contributed by atoms with Crippen LogP contribution < -0.4 is 29.6 Å². The van der Waals surface area contributed by atoms with Crippen LogP contribution in [0.3, 0.4) is 0 Å². The van der Waals surface area contributed by atoms with Gasteiger partial charge in [-0.25, -0.2) is 0 Å². The predicted molar refractivity (Wildman–Crippen MR) is 21.5 cm³/mol. The van der Waals surface area contributed by atoms with Crippen LogP contribution in [-0.4, -0.2) is 40.4 Å². The second-order valence-electron chi connectivity index (χ2n) is 0. The quantitative estimate of drug-likeness (QED) is 0.272. The summed E-state index contributed by atoms with van der Waals surface area (Å²) < 4.78 is 0. The van der Waals surface area contributed by atoms with Crippen LogP contribution in [0.4, 0.5) is 4.70 Å². The molecule has 0 saturated carbocycles. The van der Waals surface area contributed by atoms with Crippen molar-refractivity contribution in [1.29, 1.82) is 0 Å². The molecule has 0 atom stereocenters. The van der Waals surface area contributed by atoms with Gasteiger partial charge in [0.2, 0.25) is 0 Å². The summed E-state index contributed by atoms with van der Waals surface area (Å²) >= 11 is 0. The Morgan fingerprint density at radius 3 is 1.25 bits per heavy atom. The Hall–Kier alpha value is 2.23. The minimum Gasteiger partial charge on any atom is -1.00 e. The molecular formula is H7AlFMgNa. The third-order valence-corrected chi connectivity index (χ3v) is 0. The molecule has 0 aromatic rings. The molecule has 0 fully saturated rings. The Balaban J connectivity index is 0. The van der Waals surface area contributed by atoms with Crippen molar-refractivity contribution in [2.24, 2.45) is 0 Å². The van der Waals surface area contributed by atoms with Gasteiger partial charge in [0.15, 0.2) is 17.4 Å². The molecule has 0 radical (unpaired) electrons. The van der Waals surface area contributed by atoms with E-state index in [2.05, 4.69) is 0 Å². The molecule has 0 saturated heterocycles. The van der Waals surface area contributed by atoms with Crippen molar-refractivity contribution in [3.63, 3.8) is 0 Å². The topological polar surface area (TPSA) is 0 Å². The fourth-order valence-electron chi connectivity index (χ4n) is 0. The molecule has 0 unspecified atom stereocenters. The van der Waals surface area contributed by atoms with Crippen molar-refractivity contribution < 1.29 is 38.5 Å². The molecule has 0 bridgehead atoms. The summed E-state index contributed by atoms with van der Waals surface area (Å²) in [5.41, 5.74) is 0. The maximum Gasteiger partial charge on any atom is 2.00 e. The van der Waals surface area contributed by atoms with Crippen molar-refractivity contribution in [3.05, 3.63) is 0 Å². The normalized spacial score (nSPS) is 0. The van der Waals surface area contributed by atoms with Crippen molar-refractivity contribution >= 4 is 40.4 Å². The molecule has 0 aromatic carbocycles. The van der Waals surface area contributed by atoms with E-state index in [1.54, 1.807) is 0 Å². The Bertz CT molecular complexity index is 14.9. The number of hydrogen-bond acceptors (Lipinski definition) is 0. The first-order valence-electron chi connectivity index (χ1n) is 0. The van der Waals surface area contributed by atoms with E-state index in [9.17, 15) is 0 Å². The zero-order valence-electron chi connectivity index (χ0n) is 5.12. The third kappa shape index (κ3) is 8.87. The van der Waals surface area contributed by atoms with Crippen molar-refractivity contribution in [2.45, 2.75) is 0 Å². The van der Waals surface area contributed by atoms with Gasteiger partial charge in [-0.2, -0.15) is 0 Å². The molecule has 0 spiro atoms. The van der Waals surface area contributed by atoms with Crippen LogP contribution in [0.1, 0.15) is 4.28 Å². The second kappa shape index (κ2) is 18.8. The standard InChI is InChI=1S/Al.FH.Mg.Na.6H/h;1H;;;;;;;;/q;;+2;+1;;;;3*-1. The van der Waals surface area contributed by atoms with E-state index >= 15 is 0 Å². The van der Waals surface area contributed by atoms with Gasteiger partial charge in [-0.1, -0.05) is 0 Å². The molecule has 0 heterocycles. The van der Waals surface area contributed by atoms with Gasteiger partial charge in [-0.15, -0.1) is 0 Å². The van der Waals surface area contributed by atoms with E-state index in [0.717, 1.165) is 0 Å². The van der Waals surface area contributed by atoms with Crippen molar-refractivity contribution in [1.82, 2.24) is 0 Å². The Kier molecular flexibility index (Phi) is 161. The molecule has 0 rings (SSSR count). The van der Waals surface area contributed by atoms with Gasteiger partial charge in [0.25, 0.3) is 0 Å². The molecule has 0 aliphatic carbocycles. The number of hydrogen-bond donors (Lipinski definition) is 0. The van der Waals surface area contributed by atoms with Gasteiger partial charge >= 0.3 is 52.6 Å². The summed E-state index contributed by atoms with van der Waals surface area (Å²) in [4.78, 5) is 0. The molecule has 0 N–H and O–H groups in total. The largest absolute Gasteiger partial charge is 2.00 e. The molecule has 0 aliphatic rings. The maximum atomic E-state index is 0. The van der Waals surface area contributed by atoms with E-state index in [1.165, 1.54) is 0 Å². The first kappa shape index (κ1) is 34.3. The predicted octanol–water partition coefficient (Wildman–Crippen LogP) is -4.07. The van der Waals surface area contributed by atoms with Crippen LogP contribution >= 0.6 is 0 Å². The third-order valence-electron chi connectivity index (χ3n) is 0. The maximum absolute atomic E-state index is 0. The van der Waals surface area contributed by atoms with Gasteiger partial charge < -0.3 is 4.28 Å². The van der Waals surface area contributed by atoms with E-state index in [0.29, 0.717) is 0 Å². The number of rotatable bonds is 0. The van der Waals surface area contributed by atoms with Gasteiger partial charge in [0, 0.05) is 0 Å². The molecule has 4 heteroatoms. The smallest absolute Gasteiger partial charge is 1.00 e. The van der Waals surface area contributed by atoms with E-state index < -0.39 is 0 Å². The molecule has 0 aliphatic heterocycles. The monoisotopic (exact) mass is 100 g/mol. The van der Waals surface area contributed by atoms with E-state index in [4.69, 9.17) is 0 Å². The van der Waals surface area contributed by atoms with Crippen LogP contribution in [0.2, 0.25) is 0 Å². The van der Waals surface area contributed by atoms with Crippen LogP contribution in [0, 0.1) is 0 Å². The average molecular weight is 100 g/mol. The second-order valence-corrected chi connectivity index (χ2v) is 0. The molecule has 0 amide bonds. The first-order valence-corrected chi connectivity index (χ1v) is 0. The summed E-state index contributed by atoms with van der Waals surface area (Å²) in [6.07, 6.45) is 0. The summed E-state index contributed by atoms with van der Waals surface area (Å²) in [5, 5.41) is 0. The first-order chi connectivity index (χ1) is 0. The SMILES string of the molecule is F.[AlH3].[H-].[H-].[H-].[Mg+2].[Na+]. The Labute approximate surface area is 78.1 Å². The Morgan fingerprint density at radius 2 is 1.25 bits per heavy atom. The fraction of sp³-hybridized carbons (Fsp3) is 0. The van der Waals surface area contributed by atoms with Crippen LogP contribution in [0.15, 0.2) is 0 Å². The van der Waals surface area contributed by atoms with Gasteiger partial charge in [-0.3, -0.25) is 4.70 Å². The zero-order valence-corrected chi connectivity index (χ0v) is 5.53. The Morgan fingerprint density at radius 1 is 1.25 bits per heavy atom. The van der Waals surface area contributed by atoms with Crippen LogP contribution in [0.5, 0.6) is 0 Å². The fourth-order valence-corrected chi connectivity index (χ4v) is 0. The van der Waals surface area contributed by atoms with Gasteiger partial charge in [-0.05, 0) is 0 Å². The van der Waals surface area contributed by atoms with Crippen LogP contribution in [-0.2, 0) is 0 Å². The van der Waals surface area contributed by atoms with Crippen molar-refractivity contribution in [3.8, 4) is 0 Å². The average Bonchev–Trinajstić information content (AvgIpc) is 0. The zero-order chi connectivity index (χ0) is 0. The summed E-state index contributed by atoms with van der Waals surface area (Å²) in [6, 6.07) is 0. The molecule has 0 nitrogen and oxygen atoms in total. The molecule has 0 aromatic heterocycles. The van der Waals surface area contributed by atoms with E-state index in [1.807, 2.05) is 0 Å². The summed E-state index contributed by atoms with van der Waals surface area (Å²) in [5.74, 6) is 0. The number of halogens is 1. The summed E-state index contributed by atoms with van der Waals surface area (Å²) in [6.45, 7) is 0. The minimum absolute atomic E-state index is 0. The summed E-state index contributed by atoms with van der Waals surface area (Å²) in [7, 11) is 0. The van der Waals surface area contributed by atoms with Crippen LogP contribution in [0.25, 0.3) is 0 Å². The molecular weight excluding hydrogens is 93.3 g/mol. The van der Waals surface area contributed by atoms with Crippen molar-refractivity contribution in [2.75, 3.05) is 0 Å². The van der Waals surface area contributed by atoms with E-state index in [-0.39, 0.29) is 79.0 Å². The molecule has 20 valence electrons. The van der Waals surface area contributed by atoms with Gasteiger partial charge in [0.05, 0.1) is 0 Å². The van der Waals surface area contributed by atoms with Gasteiger partial charge in [0.1, 0.15) is 0 Å². The minimum atomic E-state index is 0.